The molecule has 0 bridgehead atoms. The Morgan fingerprint density at radius 3 is 2.46 bits per heavy atom. The van der Waals surface area contributed by atoms with Crippen molar-refractivity contribution in [2.75, 3.05) is 32.1 Å². The lowest BCUT2D eigenvalue weighted by atomic mass is 10.1. The lowest BCUT2D eigenvalue weighted by Gasteiger charge is -2.23. The van der Waals surface area contributed by atoms with Gasteiger partial charge >= 0.3 is 6.03 Å². The van der Waals surface area contributed by atoms with Crippen molar-refractivity contribution in [3.8, 4) is 0 Å². The molecule has 0 spiro atoms. The van der Waals surface area contributed by atoms with Crippen LogP contribution in [0.15, 0.2) is 18.2 Å². The molecular formula is C20H33FN2O3. The first kappa shape index (κ1) is 22.4. The number of hydrogen-bond donors (Lipinski definition) is 2. The van der Waals surface area contributed by atoms with Crippen LogP contribution in [0.4, 0.5) is 14.9 Å². The number of anilines is 1. The molecule has 0 aliphatic carbocycles. The summed E-state index contributed by atoms with van der Waals surface area (Å²) in [6.07, 6.45) is 8.21. The van der Waals surface area contributed by atoms with Crippen LogP contribution in [0.25, 0.3) is 0 Å². The van der Waals surface area contributed by atoms with Crippen LogP contribution in [0, 0.1) is 5.82 Å². The van der Waals surface area contributed by atoms with Gasteiger partial charge in [0.2, 0.25) is 0 Å². The van der Waals surface area contributed by atoms with Gasteiger partial charge in [0.15, 0.2) is 0 Å². The second-order valence-electron chi connectivity index (χ2n) is 6.50. The largest absolute Gasteiger partial charge is 0.392 e. The summed E-state index contributed by atoms with van der Waals surface area (Å²) in [4.78, 5) is 14.1. The van der Waals surface area contributed by atoms with Gasteiger partial charge in [-0.25, -0.2) is 9.18 Å². The fraction of sp³-hybridized carbons (Fsp3) is 0.650. The monoisotopic (exact) mass is 368 g/mol. The Hall–Kier alpha value is -1.66. The number of nitrogens with one attached hydrogen (secondary N) is 1. The average molecular weight is 368 g/mol. The van der Waals surface area contributed by atoms with E-state index in [-0.39, 0.29) is 18.3 Å². The molecule has 148 valence electrons. The first-order valence-electron chi connectivity index (χ1n) is 9.56. The summed E-state index contributed by atoms with van der Waals surface area (Å²) in [5.74, 6) is -0.549. The SMILES string of the molecule is CCCCCCCCCN(CCOC)C(=O)Nc1ccc(CO)cc1F. The Morgan fingerprint density at radius 2 is 1.85 bits per heavy atom. The second-order valence-corrected chi connectivity index (χ2v) is 6.50. The molecule has 0 aromatic heterocycles. The number of aliphatic hydroxyl groups is 1. The number of ether oxygens (including phenoxy) is 1. The molecule has 2 amide bonds. The zero-order valence-corrected chi connectivity index (χ0v) is 16.1. The van der Waals surface area contributed by atoms with Gasteiger partial charge < -0.3 is 20.1 Å². The molecule has 1 aromatic rings. The Labute approximate surface area is 156 Å². The van der Waals surface area contributed by atoms with E-state index in [0.29, 0.717) is 25.3 Å². The number of carbonyl (C=O) groups excluding carboxylic acids is 1. The lowest BCUT2D eigenvalue weighted by Crippen LogP contribution is -2.38. The number of carbonyl (C=O) groups is 1. The molecule has 2 N–H and O–H groups in total. The van der Waals surface area contributed by atoms with Gasteiger partial charge in [-0.15, -0.1) is 0 Å². The fourth-order valence-electron chi connectivity index (χ4n) is 2.73. The molecule has 0 aliphatic heterocycles. The zero-order chi connectivity index (χ0) is 19.2. The topological polar surface area (TPSA) is 61.8 Å². The van der Waals surface area contributed by atoms with Crippen LogP contribution < -0.4 is 5.32 Å². The summed E-state index contributed by atoms with van der Waals surface area (Å²) in [5.41, 5.74) is 0.592. The van der Waals surface area contributed by atoms with Crippen molar-refractivity contribution in [1.82, 2.24) is 4.90 Å². The normalized spacial score (nSPS) is 10.8. The van der Waals surface area contributed by atoms with Crippen molar-refractivity contribution < 1.29 is 19.0 Å². The minimum absolute atomic E-state index is 0.120. The molecule has 5 nitrogen and oxygen atoms in total. The third-order valence-electron chi connectivity index (χ3n) is 4.34. The predicted octanol–water partition coefficient (Wildman–Crippen LogP) is 4.55. The van der Waals surface area contributed by atoms with Gasteiger partial charge in [0, 0.05) is 20.2 Å². The van der Waals surface area contributed by atoms with Crippen molar-refractivity contribution >= 4 is 11.7 Å². The molecule has 0 heterocycles. The standard InChI is InChI=1S/C20H33FN2O3/c1-3-4-5-6-7-8-9-12-23(13-14-26-2)20(25)22-19-11-10-17(16-24)15-18(19)21/h10-11,15,24H,3-9,12-14,16H2,1-2H3,(H,22,25). The predicted molar refractivity (Wildman–Crippen MR) is 103 cm³/mol. The molecule has 0 atom stereocenters. The van der Waals surface area contributed by atoms with E-state index in [2.05, 4.69) is 12.2 Å². The van der Waals surface area contributed by atoms with Crippen LogP contribution in [-0.2, 0) is 11.3 Å². The maximum Gasteiger partial charge on any atom is 0.322 e. The van der Waals surface area contributed by atoms with Crippen molar-refractivity contribution in [2.45, 2.75) is 58.5 Å². The molecule has 26 heavy (non-hydrogen) atoms. The molecular weight excluding hydrogens is 335 g/mol. The number of benzene rings is 1. The molecule has 0 radical (unpaired) electrons. The summed E-state index contributed by atoms with van der Waals surface area (Å²) >= 11 is 0. The van der Waals surface area contributed by atoms with E-state index in [1.54, 1.807) is 18.1 Å². The third-order valence-corrected chi connectivity index (χ3v) is 4.34. The van der Waals surface area contributed by atoms with Gasteiger partial charge in [0.05, 0.1) is 18.9 Å². The minimum atomic E-state index is -0.549. The maximum atomic E-state index is 14.0. The number of aliphatic hydroxyl groups excluding tert-OH is 1. The Bertz CT molecular complexity index is 526. The summed E-state index contributed by atoms with van der Waals surface area (Å²) in [6, 6.07) is 3.96. The molecule has 1 rings (SSSR count). The molecule has 0 saturated heterocycles. The Kier molecular flexibility index (Phi) is 11.6. The van der Waals surface area contributed by atoms with E-state index in [9.17, 15) is 9.18 Å². The first-order valence-corrected chi connectivity index (χ1v) is 9.56. The van der Waals surface area contributed by atoms with Crippen LogP contribution in [-0.4, -0.2) is 42.8 Å². The van der Waals surface area contributed by atoms with Crippen molar-refractivity contribution in [1.29, 1.82) is 0 Å². The van der Waals surface area contributed by atoms with Gasteiger partial charge in [-0.1, -0.05) is 51.5 Å². The number of unbranched alkanes of at least 4 members (excludes halogenated alkanes) is 6. The zero-order valence-electron chi connectivity index (χ0n) is 16.1. The van der Waals surface area contributed by atoms with Gasteiger partial charge in [-0.3, -0.25) is 0 Å². The quantitative estimate of drug-likeness (QED) is 0.502. The van der Waals surface area contributed by atoms with E-state index >= 15 is 0 Å². The Balaban J connectivity index is 2.49. The smallest absolute Gasteiger partial charge is 0.322 e. The highest BCUT2D eigenvalue weighted by molar-refractivity contribution is 5.89. The van der Waals surface area contributed by atoms with Crippen LogP contribution in [0.1, 0.15) is 57.4 Å². The van der Waals surface area contributed by atoms with Crippen LogP contribution >= 0.6 is 0 Å². The van der Waals surface area contributed by atoms with Gasteiger partial charge in [0.25, 0.3) is 0 Å². The fourth-order valence-corrected chi connectivity index (χ4v) is 2.73. The highest BCUT2D eigenvalue weighted by Crippen LogP contribution is 2.17. The van der Waals surface area contributed by atoms with Gasteiger partial charge in [-0.05, 0) is 24.1 Å². The molecule has 1 aromatic carbocycles. The highest BCUT2D eigenvalue weighted by Gasteiger charge is 2.15. The Morgan fingerprint density at radius 1 is 1.15 bits per heavy atom. The van der Waals surface area contributed by atoms with Gasteiger partial charge in [0.1, 0.15) is 5.82 Å². The summed E-state index contributed by atoms with van der Waals surface area (Å²) in [5, 5.41) is 11.6. The van der Waals surface area contributed by atoms with Crippen LogP contribution in [0.5, 0.6) is 0 Å². The summed E-state index contributed by atoms with van der Waals surface area (Å²) in [7, 11) is 1.59. The number of nitrogens with zero attached hydrogens (tertiary/aromatic N) is 1. The number of methoxy groups -OCH3 is 1. The average Bonchev–Trinajstić information content (AvgIpc) is 2.64. The van der Waals surface area contributed by atoms with E-state index in [1.807, 2.05) is 0 Å². The second kappa shape index (κ2) is 13.5. The minimum Gasteiger partial charge on any atom is -0.392 e. The number of urea groups is 1. The summed E-state index contributed by atoms with van der Waals surface area (Å²) in [6.45, 7) is 3.50. The molecule has 0 unspecified atom stereocenters. The number of hydrogen-bond acceptors (Lipinski definition) is 3. The van der Waals surface area contributed by atoms with E-state index in [0.717, 1.165) is 12.8 Å². The first-order chi connectivity index (χ1) is 12.6. The van der Waals surface area contributed by atoms with E-state index in [4.69, 9.17) is 9.84 Å². The van der Waals surface area contributed by atoms with Crippen LogP contribution in [0.2, 0.25) is 0 Å². The lowest BCUT2D eigenvalue weighted by molar-refractivity contribution is 0.154. The number of amides is 2. The summed E-state index contributed by atoms with van der Waals surface area (Å²) < 4.78 is 19.1. The number of halogens is 1. The van der Waals surface area contributed by atoms with E-state index < -0.39 is 5.82 Å². The highest BCUT2D eigenvalue weighted by atomic mass is 19.1. The van der Waals surface area contributed by atoms with Crippen molar-refractivity contribution in [3.63, 3.8) is 0 Å². The molecule has 0 fully saturated rings. The number of rotatable bonds is 13. The van der Waals surface area contributed by atoms with Gasteiger partial charge in [-0.2, -0.15) is 0 Å². The van der Waals surface area contributed by atoms with Crippen LogP contribution in [0.3, 0.4) is 0 Å². The van der Waals surface area contributed by atoms with Crippen molar-refractivity contribution in [3.05, 3.63) is 29.6 Å². The van der Waals surface area contributed by atoms with Crippen molar-refractivity contribution in [2.24, 2.45) is 0 Å². The maximum absolute atomic E-state index is 14.0. The molecule has 6 heteroatoms. The van der Waals surface area contributed by atoms with E-state index in [1.165, 1.54) is 44.2 Å². The molecule has 0 aliphatic rings. The molecule has 0 saturated carbocycles. The third kappa shape index (κ3) is 8.63.